The largest absolute Gasteiger partial charge is 0.345 e. The van der Waals surface area contributed by atoms with Gasteiger partial charge in [-0.05, 0) is 31.2 Å². The van der Waals surface area contributed by atoms with Crippen molar-refractivity contribution in [1.82, 2.24) is 29.2 Å². The van der Waals surface area contributed by atoms with E-state index in [9.17, 15) is 18.0 Å². The number of aromatic nitrogens is 5. The molecule has 0 aliphatic carbocycles. The minimum atomic E-state index is -3.60. The fourth-order valence-electron chi connectivity index (χ4n) is 3.94. The summed E-state index contributed by atoms with van der Waals surface area (Å²) in [5, 5.41) is 5.51. The summed E-state index contributed by atoms with van der Waals surface area (Å²) in [4.78, 5) is 43.1. The molecular weight excluding hydrogens is 524 g/mol. The van der Waals surface area contributed by atoms with Crippen LogP contribution in [0.4, 0.5) is 0 Å². The lowest BCUT2D eigenvalue weighted by atomic mass is 10.1. The van der Waals surface area contributed by atoms with Crippen molar-refractivity contribution in [3.63, 3.8) is 0 Å². The first-order valence-corrected chi connectivity index (χ1v) is 14.2. The third-order valence-electron chi connectivity index (χ3n) is 5.68. The van der Waals surface area contributed by atoms with Crippen LogP contribution in [0, 0.1) is 6.92 Å². The second kappa shape index (κ2) is 10.2. The number of para-hydroxylation sites is 1. The van der Waals surface area contributed by atoms with Gasteiger partial charge in [-0.25, -0.2) is 32.3 Å². The van der Waals surface area contributed by atoms with Crippen LogP contribution >= 0.6 is 11.3 Å². The predicted molar refractivity (Wildman–Crippen MR) is 144 cm³/mol. The zero-order valence-corrected chi connectivity index (χ0v) is 22.1. The summed E-state index contributed by atoms with van der Waals surface area (Å²) < 4.78 is 25.3. The Morgan fingerprint density at radius 2 is 1.68 bits per heavy atom. The average Bonchev–Trinajstić information content (AvgIpc) is 3.52. The van der Waals surface area contributed by atoms with Crippen LogP contribution in [0.1, 0.15) is 21.2 Å². The molecule has 4 aromatic heterocycles. The normalized spacial score (nSPS) is 11.5. The number of aryl methyl sites for hydroxylation is 1. The van der Waals surface area contributed by atoms with Crippen molar-refractivity contribution >= 4 is 44.0 Å². The van der Waals surface area contributed by atoms with Gasteiger partial charge in [-0.2, -0.15) is 0 Å². The Kier molecular flexibility index (Phi) is 6.83. The van der Waals surface area contributed by atoms with Crippen LogP contribution in [-0.2, 0) is 21.2 Å². The van der Waals surface area contributed by atoms with Gasteiger partial charge in [-0.15, -0.1) is 11.3 Å². The maximum atomic E-state index is 12.8. The molecule has 0 spiro atoms. The molecule has 10 nitrogen and oxygen atoms in total. The molecule has 0 bridgehead atoms. The number of fused-ring (bicyclic) bond motifs is 1. The number of carbonyl (C=O) groups is 2. The number of nitrogens with one attached hydrogen (secondary N) is 1. The van der Waals surface area contributed by atoms with Gasteiger partial charge in [0.25, 0.3) is 5.91 Å². The zero-order valence-electron chi connectivity index (χ0n) is 20.5. The van der Waals surface area contributed by atoms with Crippen molar-refractivity contribution in [3.05, 3.63) is 82.7 Å². The molecule has 5 aromatic rings. The highest BCUT2D eigenvalue weighted by Gasteiger charge is 2.20. The van der Waals surface area contributed by atoms with E-state index < -0.39 is 15.9 Å². The highest BCUT2D eigenvalue weighted by molar-refractivity contribution is 7.89. The van der Waals surface area contributed by atoms with Crippen LogP contribution in [0.5, 0.6) is 0 Å². The van der Waals surface area contributed by atoms with Crippen LogP contribution in [0.15, 0.2) is 66.3 Å². The van der Waals surface area contributed by atoms with Crippen molar-refractivity contribution in [2.45, 2.75) is 13.3 Å². The first kappa shape index (κ1) is 25.4. The number of amides is 1. The van der Waals surface area contributed by atoms with E-state index in [4.69, 9.17) is 0 Å². The van der Waals surface area contributed by atoms with Crippen LogP contribution < -0.4 is 5.32 Å². The number of ketones is 1. The molecule has 1 N–H and O–H groups in total. The van der Waals surface area contributed by atoms with Crippen molar-refractivity contribution in [2.75, 3.05) is 12.8 Å². The van der Waals surface area contributed by atoms with E-state index in [0.29, 0.717) is 44.5 Å². The Morgan fingerprint density at radius 1 is 0.947 bits per heavy atom. The minimum absolute atomic E-state index is 0.0425. The van der Waals surface area contributed by atoms with Gasteiger partial charge in [0, 0.05) is 23.2 Å². The summed E-state index contributed by atoms with van der Waals surface area (Å²) in [5.74, 6) is -0.112. The Labute approximate surface area is 222 Å². The summed E-state index contributed by atoms with van der Waals surface area (Å²) in [5.41, 5.74) is 3.28. The van der Waals surface area contributed by atoms with Crippen molar-refractivity contribution < 1.29 is 18.0 Å². The summed E-state index contributed by atoms with van der Waals surface area (Å²) in [7, 11) is -3.60. The molecule has 0 radical (unpaired) electrons. The molecule has 0 atom stereocenters. The van der Waals surface area contributed by atoms with E-state index in [1.54, 1.807) is 36.5 Å². The van der Waals surface area contributed by atoms with Crippen LogP contribution in [0.3, 0.4) is 0 Å². The number of pyridine rings is 1. The summed E-state index contributed by atoms with van der Waals surface area (Å²) >= 11 is 1.34. The summed E-state index contributed by atoms with van der Waals surface area (Å²) in [6.45, 7) is 1.60. The Bertz CT molecular complexity index is 1790. The van der Waals surface area contributed by atoms with Gasteiger partial charge in [0.15, 0.2) is 5.78 Å². The average molecular weight is 547 g/mol. The molecular formula is C26H22N6O4S2. The first-order valence-electron chi connectivity index (χ1n) is 11.5. The molecule has 38 heavy (non-hydrogen) atoms. The van der Waals surface area contributed by atoms with Crippen LogP contribution in [-0.4, -0.2) is 56.8 Å². The number of hydrogen-bond acceptors (Lipinski definition) is 9. The van der Waals surface area contributed by atoms with Gasteiger partial charge in [0.1, 0.15) is 10.8 Å². The Morgan fingerprint density at radius 3 is 2.45 bits per heavy atom. The summed E-state index contributed by atoms with van der Waals surface area (Å²) in [6, 6.07) is 14.1. The highest BCUT2D eigenvalue weighted by Crippen LogP contribution is 2.24. The standard InChI is InChI=1S/C26H22N6O4S2/c1-16-27-11-10-22(29-16)20-7-5-8-21(30-20)23-15-37-25(31-23)12-17(33)13-28-26(34)19-14-32(38(2,35)36)24-9-4-3-6-18(19)24/h3-11,14-15H,12-13H2,1-2H3,(H,28,34). The van der Waals surface area contributed by atoms with Crippen molar-refractivity contribution in [2.24, 2.45) is 0 Å². The lowest BCUT2D eigenvalue weighted by molar-refractivity contribution is -0.117. The molecule has 1 amide bonds. The van der Waals surface area contributed by atoms with E-state index in [-0.39, 0.29) is 24.3 Å². The fraction of sp³-hybridized carbons (Fsp3) is 0.154. The van der Waals surface area contributed by atoms with E-state index in [1.165, 1.54) is 17.5 Å². The van der Waals surface area contributed by atoms with Gasteiger partial charge in [-0.3, -0.25) is 9.59 Å². The van der Waals surface area contributed by atoms with E-state index >= 15 is 0 Å². The van der Waals surface area contributed by atoms with Crippen LogP contribution in [0.25, 0.3) is 33.7 Å². The van der Waals surface area contributed by atoms with Crippen molar-refractivity contribution in [1.29, 1.82) is 0 Å². The minimum Gasteiger partial charge on any atom is -0.345 e. The molecule has 0 aliphatic rings. The van der Waals surface area contributed by atoms with Gasteiger partial charge >= 0.3 is 0 Å². The van der Waals surface area contributed by atoms with E-state index in [1.807, 2.05) is 30.5 Å². The highest BCUT2D eigenvalue weighted by atomic mass is 32.2. The lowest BCUT2D eigenvalue weighted by Gasteiger charge is -2.03. The fourth-order valence-corrected chi connectivity index (χ4v) is 5.57. The van der Waals surface area contributed by atoms with Crippen molar-refractivity contribution in [3.8, 4) is 22.8 Å². The number of rotatable bonds is 8. The second-order valence-electron chi connectivity index (χ2n) is 8.54. The number of Topliss-reactive ketones (excluding diaryl/α,β-unsaturated/α-hetero) is 1. The monoisotopic (exact) mass is 546 g/mol. The topological polar surface area (TPSA) is 137 Å². The first-order chi connectivity index (χ1) is 18.2. The van der Waals surface area contributed by atoms with E-state index in [2.05, 4.69) is 25.3 Å². The Balaban J connectivity index is 1.25. The van der Waals surface area contributed by atoms with Crippen LogP contribution in [0.2, 0.25) is 0 Å². The molecule has 4 heterocycles. The molecule has 0 unspecified atom stereocenters. The van der Waals surface area contributed by atoms with Gasteiger partial charge in [0.2, 0.25) is 10.0 Å². The Hall–Kier alpha value is -4.29. The summed E-state index contributed by atoms with van der Waals surface area (Å²) in [6.07, 6.45) is 4.06. The number of benzene rings is 1. The van der Waals surface area contributed by atoms with Gasteiger partial charge in [-0.1, -0.05) is 24.3 Å². The molecule has 0 aliphatic heterocycles. The molecule has 1 aromatic carbocycles. The quantitative estimate of drug-likeness (QED) is 0.313. The molecule has 5 rings (SSSR count). The van der Waals surface area contributed by atoms with E-state index in [0.717, 1.165) is 10.2 Å². The second-order valence-corrected chi connectivity index (χ2v) is 11.3. The number of thiazole rings is 1. The van der Waals surface area contributed by atoms with Gasteiger partial charge < -0.3 is 5.32 Å². The number of hydrogen-bond donors (Lipinski definition) is 1. The number of carbonyl (C=O) groups excluding carboxylic acids is 2. The third-order valence-corrected chi connectivity index (χ3v) is 7.54. The molecule has 0 saturated heterocycles. The molecule has 12 heteroatoms. The molecule has 0 saturated carbocycles. The number of nitrogens with zero attached hydrogens (tertiary/aromatic N) is 5. The molecule has 0 fully saturated rings. The lowest BCUT2D eigenvalue weighted by Crippen LogP contribution is -2.30. The molecule has 192 valence electrons. The predicted octanol–water partition coefficient (Wildman–Crippen LogP) is 3.27. The zero-order chi connectivity index (χ0) is 26.9. The maximum Gasteiger partial charge on any atom is 0.253 e. The smallest absolute Gasteiger partial charge is 0.253 e. The maximum absolute atomic E-state index is 12.8. The third kappa shape index (κ3) is 5.36. The SMILES string of the molecule is Cc1nccc(-c2cccc(-c3csc(CC(=O)CNC(=O)c4cn(S(C)(=O)=O)c5ccccc45)n3)n2)n1. The van der Waals surface area contributed by atoms with Gasteiger partial charge in [0.05, 0.1) is 53.1 Å².